The third-order valence-electron chi connectivity index (χ3n) is 5.43. The number of rotatable bonds is 8. The first-order chi connectivity index (χ1) is 14.3. The number of methoxy groups -OCH3 is 1. The minimum absolute atomic E-state index is 0.0697. The Morgan fingerprint density at radius 1 is 1.27 bits per heavy atom. The van der Waals surface area contributed by atoms with Gasteiger partial charge < -0.3 is 14.4 Å². The molecule has 1 heterocycles. The molecule has 0 radical (unpaired) electrons. The maximum atomic E-state index is 12.9. The smallest absolute Gasteiger partial charge is 0.348 e. The summed E-state index contributed by atoms with van der Waals surface area (Å²) < 4.78 is 17.6. The van der Waals surface area contributed by atoms with Gasteiger partial charge in [-0.3, -0.25) is 0 Å². The zero-order chi connectivity index (χ0) is 21.8. The van der Waals surface area contributed by atoms with Gasteiger partial charge in [0.25, 0.3) is 0 Å². The summed E-state index contributed by atoms with van der Waals surface area (Å²) in [5.41, 5.74) is 0. The van der Waals surface area contributed by atoms with Crippen LogP contribution in [0, 0.1) is 11.8 Å². The molecule has 1 saturated carbocycles. The van der Waals surface area contributed by atoms with Crippen molar-refractivity contribution < 1.29 is 19.2 Å². The fourth-order valence-corrected chi connectivity index (χ4v) is 7.58. The molecule has 0 spiro atoms. The largest absolute Gasteiger partial charge is 0.611 e. The second kappa shape index (κ2) is 10.9. The van der Waals surface area contributed by atoms with E-state index < -0.39 is 17.3 Å². The van der Waals surface area contributed by atoms with E-state index in [1.165, 1.54) is 18.4 Å². The van der Waals surface area contributed by atoms with E-state index in [1.54, 1.807) is 24.3 Å². The van der Waals surface area contributed by atoms with Crippen LogP contribution in [-0.4, -0.2) is 40.0 Å². The fourth-order valence-electron chi connectivity index (χ4n) is 3.93. The summed E-state index contributed by atoms with van der Waals surface area (Å²) in [6.07, 6.45) is 2.42. The topological polar surface area (TPSA) is 69.6 Å². The molecule has 9 heteroatoms. The quantitative estimate of drug-likeness (QED) is 0.287. The highest BCUT2D eigenvalue weighted by molar-refractivity contribution is 7.91. The highest BCUT2D eigenvalue weighted by Crippen LogP contribution is 2.41. The lowest BCUT2D eigenvalue weighted by Crippen LogP contribution is -2.29. The van der Waals surface area contributed by atoms with E-state index >= 15 is 0 Å². The Morgan fingerprint density at radius 2 is 1.97 bits per heavy atom. The number of esters is 1. The van der Waals surface area contributed by atoms with Crippen molar-refractivity contribution in [1.82, 2.24) is 0 Å². The number of thiophene rings is 1. The fraction of sp³-hybridized carbons (Fsp3) is 0.476. The Hall–Kier alpha value is -0.470. The first-order valence-electron chi connectivity index (χ1n) is 9.62. The van der Waals surface area contributed by atoms with Crippen LogP contribution in [0.2, 0.25) is 10.0 Å². The van der Waals surface area contributed by atoms with Crippen LogP contribution < -0.4 is 0 Å². The number of carbonyl (C=O) groups is 1. The van der Waals surface area contributed by atoms with Crippen molar-refractivity contribution in [3.05, 3.63) is 50.1 Å². The maximum Gasteiger partial charge on any atom is 0.348 e. The molecule has 2 aromatic rings. The van der Waals surface area contributed by atoms with Crippen LogP contribution in [0.5, 0.6) is 0 Å². The number of aliphatic hydroxyl groups is 1. The molecule has 1 N–H and O–H groups in total. The second-order valence-electron chi connectivity index (χ2n) is 7.41. The minimum atomic E-state index is -1.33. The SMILES string of the molecule is COC(=O)c1ccc(CCC[C@@H]2[C@@H](C[S+]([O-])c3cc(Cl)cc(Cl)c3)[C@H](O)C[C@H]2Cl)s1. The van der Waals surface area contributed by atoms with E-state index in [0.29, 0.717) is 32.0 Å². The lowest BCUT2D eigenvalue weighted by Gasteiger charge is -2.24. The first-order valence-corrected chi connectivity index (χ1v) is 12.9. The number of halogens is 3. The van der Waals surface area contributed by atoms with Crippen molar-refractivity contribution in [3.8, 4) is 0 Å². The molecule has 1 aliphatic carbocycles. The third-order valence-corrected chi connectivity index (χ3v) is 8.94. The average molecular weight is 510 g/mol. The normalized spacial score (nSPS) is 24.7. The minimum Gasteiger partial charge on any atom is -0.611 e. The first kappa shape index (κ1) is 24.2. The molecule has 5 atom stereocenters. The molecule has 1 unspecified atom stereocenters. The molecule has 3 rings (SSSR count). The second-order valence-corrected chi connectivity index (χ2v) is 11.5. The summed E-state index contributed by atoms with van der Waals surface area (Å²) >= 11 is 18.7. The van der Waals surface area contributed by atoms with Crippen molar-refractivity contribution in [1.29, 1.82) is 0 Å². The van der Waals surface area contributed by atoms with Crippen molar-refractivity contribution in [2.24, 2.45) is 11.8 Å². The van der Waals surface area contributed by atoms with Crippen LogP contribution >= 0.6 is 46.1 Å². The van der Waals surface area contributed by atoms with Crippen molar-refractivity contribution >= 4 is 63.3 Å². The van der Waals surface area contributed by atoms with E-state index in [2.05, 4.69) is 0 Å². The zero-order valence-electron chi connectivity index (χ0n) is 16.4. The molecule has 4 nitrogen and oxygen atoms in total. The standard InChI is InChI=1S/C21H23Cl3O4S2/c1-28-21(26)20-6-5-14(29-20)3-2-4-16-17(19(25)10-18(16)24)11-30(27)15-8-12(22)7-13(23)9-15/h5-9,16-19,25H,2-4,10-11H2,1H3/t16-,17-,18-,19-,30?/m1/s1. The molecule has 0 amide bonds. The summed E-state index contributed by atoms with van der Waals surface area (Å²) in [6.45, 7) is 0. The Balaban J connectivity index is 1.60. The van der Waals surface area contributed by atoms with Gasteiger partial charge in [0.1, 0.15) is 10.6 Å². The molecule has 0 bridgehead atoms. The van der Waals surface area contributed by atoms with Gasteiger partial charge in [0.15, 0.2) is 4.90 Å². The van der Waals surface area contributed by atoms with Gasteiger partial charge in [-0.1, -0.05) is 23.2 Å². The number of alkyl halides is 1. The number of carbonyl (C=O) groups excluding carboxylic acids is 1. The van der Waals surface area contributed by atoms with Crippen molar-refractivity contribution in [3.63, 3.8) is 0 Å². The monoisotopic (exact) mass is 508 g/mol. The molecule has 1 aliphatic rings. The molecule has 1 fully saturated rings. The van der Waals surface area contributed by atoms with Crippen LogP contribution in [0.1, 0.15) is 33.8 Å². The lowest BCUT2D eigenvalue weighted by atomic mass is 9.91. The number of aryl methyl sites for hydroxylation is 1. The van der Waals surface area contributed by atoms with Gasteiger partial charge in [0.2, 0.25) is 0 Å². The van der Waals surface area contributed by atoms with Crippen LogP contribution in [0.4, 0.5) is 0 Å². The number of ether oxygens (including phenoxy) is 1. The summed E-state index contributed by atoms with van der Waals surface area (Å²) in [4.78, 5) is 13.8. The van der Waals surface area contributed by atoms with E-state index in [-0.39, 0.29) is 23.2 Å². The van der Waals surface area contributed by atoms with Gasteiger partial charge in [-0.2, -0.15) is 0 Å². The predicted octanol–water partition coefficient (Wildman–Crippen LogP) is 5.58. The van der Waals surface area contributed by atoms with E-state index in [9.17, 15) is 14.5 Å². The van der Waals surface area contributed by atoms with Crippen molar-refractivity contribution in [2.75, 3.05) is 12.9 Å². The number of hydrogen-bond acceptors (Lipinski definition) is 5. The molecular formula is C21H23Cl3O4S2. The molecular weight excluding hydrogens is 487 g/mol. The summed E-state index contributed by atoms with van der Waals surface area (Å²) in [6, 6.07) is 8.61. The maximum absolute atomic E-state index is 12.9. The van der Waals surface area contributed by atoms with E-state index in [0.717, 1.165) is 24.1 Å². The molecule has 30 heavy (non-hydrogen) atoms. The molecule has 0 aliphatic heterocycles. The Kier molecular flexibility index (Phi) is 8.79. The Labute approximate surface area is 198 Å². The number of aliphatic hydroxyl groups excluding tert-OH is 1. The highest BCUT2D eigenvalue weighted by Gasteiger charge is 2.43. The number of hydrogen-bond donors (Lipinski definition) is 1. The Morgan fingerprint density at radius 3 is 2.63 bits per heavy atom. The number of benzene rings is 1. The van der Waals surface area contributed by atoms with Gasteiger partial charge in [-0.25, -0.2) is 4.79 Å². The summed E-state index contributed by atoms with van der Waals surface area (Å²) in [7, 11) is 1.37. The van der Waals surface area contributed by atoms with Crippen LogP contribution in [0.25, 0.3) is 0 Å². The van der Waals surface area contributed by atoms with Gasteiger partial charge in [0.05, 0.1) is 13.2 Å². The zero-order valence-corrected chi connectivity index (χ0v) is 20.3. The van der Waals surface area contributed by atoms with Crippen LogP contribution in [0.3, 0.4) is 0 Å². The molecule has 0 saturated heterocycles. The lowest BCUT2D eigenvalue weighted by molar-refractivity contribution is 0.0606. The summed E-state index contributed by atoms with van der Waals surface area (Å²) in [5, 5.41) is 11.2. The van der Waals surface area contributed by atoms with E-state index in [4.69, 9.17) is 39.5 Å². The van der Waals surface area contributed by atoms with E-state index in [1.807, 2.05) is 6.07 Å². The molecule has 1 aromatic carbocycles. The molecule has 1 aromatic heterocycles. The van der Waals surface area contributed by atoms with Crippen LogP contribution in [-0.2, 0) is 22.3 Å². The average Bonchev–Trinajstić information content (AvgIpc) is 3.26. The third kappa shape index (κ3) is 6.06. The van der Waals surface area contributed by atoms with Crippen LogP contribution in [0.15, 0.2) is 35.2 Å². The Bertz CT molecular complexity index is 855. The van der Waals surface area contributed by atoms with Crippen molar-refractivity contribution in [2.45, 2.75) is 42.1 Å². The predicted molar refractivity (Wildman–Crippen MR) is 124 cm³/mol. The molecule has 164 valence electrons. The highest BCUT2D eigenvalue weighted by atomic mass is 35.5. The van der Waals surface area contributed by atoms with Gasteiger partial charge >= 0.3 is 5.97 Å². The van der Waals surface area contributed by atoms with Gasteiger partial charge in [-0.05, 0) is 61.0 Å². The summed E-state index contributed by atoms with van der Waals surface area (Å²) in [5.74, 6) is -0.0907. The van der Waals surface area contributed by atoms with Gasteiger partial charge in [0, 0.05) is 38.4 Å². The van der Waals surface area contributed by atoms with Gasteiger partial charge in [-0.15, -0.1) is 22.9 Å².